The van der Waals surface area contributed by atoms with Gasteiger partial charge in [0, 0.05) is 18.7 Å². The van der Waals surface area contributed by atoms with Gasteiger partial charge in [-0.3, -0.25) is 9.59 Å². The lowest BCUT2D eigenvalue weighted by Gasteiger charge is -2.34. The molecular weight excluding hydrogens is 292 g/mol. The number of hydrogen-bond acceptors (Lipinski definition) is 3. The van der Waals surface area contributed by atoms with Gasteiger partial charge in [0.05, 0.1) is 0 Å². The Labute approximate surface area is 137 Å². The van der Waals surface area contributed by atoms with Crippen LogP contribution in [0.2, 0.25) is 0 Å². The molecule has 0 aliphatic carbocycles. The Balaban J connectivity index is 1.93. The number of ether oxygens (including phenoxy) is 1. The van der Waals surface area contributed by atoms with Crippen LogP contribution in [-0.2, 0) is 9.59 Å². The molecule has 5 nitrogen and oxygen atoms in total. The van der Waals surface area contributed by atoms with Crippen molar-refractivity contribution in [3.8, 4) is 5.75 Å². The largest absolute Gasteiger partial charge is 0.484 e. The number of rotatable bonds is 6. The average molecular weight is 316 g/mol. The molecule has 0 spiro atoms. The van der Waals surface area contributed by atoms with Crippen LogP contribution in [0.15, 0.2) is 30.3 Å². The fourth-order valence-corrected chi connectivity index (χ4v) is 2.81. The molecule has 124 valence electrons. The van der Waals surface area contributed by atoms with E-state index in [0.29, 0.717) is 11.8 Å². The van der Waals surface area contributed by atoms with Crippen LogP contribution in [0.5, 0.6) is 5.75 Å². The summed E-state index contributed by atoms with van der Waals surface area (Å²) in [7, 11) is 0. The average Bonchev–Trinajstić information content (AvgIpc) is 2.58. The summed E-state index contributed by atoms with van der Waals surface area (Å²) in [5.41, 5.74) is 5.94. The fourth-order valence-electron chi connectivity index (χ4n) is 2.81. The fraction of sp³-hybridized carbons (Fsp3) is 0.444. The number of carbonyl (C=O) groups is 2. The molecule has 1 heterocycles. The number of amides is 2. The van der Waals surface area contributed by atoms with Crippen LogP contribution >= 0.6 is 0 Å². The smallest absolute Gasteiger partial charge is 0.255 e. The van der Waals surface area contributed by atoms with E-state index in [0.717, 1.165) is 31.4 Å². The maximum Gasteiger partial charge on any atom is 0.255 e. The summed E-state index contributed by atoms with van der Waals surface area (Å²) in [6, 6.07) is 7.55. The Bertz CT molecular complexity index is 566. The highest BCUT2D eigenvalue weighted by atomic mass is 16.5. The van der Waals surface area contributed by atoms with Gasteiger partial charge in [-0.25, -0.2) is 0 Å². The quantitative estimate of drug-likeness (QED) is 0.819. The number of nitrogens with two attached hydrogens (primary N) is 1. The van der Waals surface area contributed by atoms with Crippen LogP contribution in [0.1, 0.15) is 38.2 Å². The van der Waals surface area contributed by atoms with Crippen molar-refractivity contribution >= 4 is 17.9 Å². The van der Waals surface area contributed by atoms with Gasteiger partial charge in [0.25, 0.3) is 5.91 Å². The van der Waals surface area contributed by atoms with Crippen LogP contribution in [0, 0.1) is 0 Å². The zero-order valence-electron chi connectivity index (χ0n) is 13.5. The van der Waals surface area contributed by atoms with Gasteiger partial charge in [-0.15, -0.1) is 0 Å². The first-order valence-corrected chi connectivity index (χ1v) is 8.10. The summed E-state index contributed by atoms with van der Waals surface area (Å²) in [6.07, 6.45) is 7.84. The van der Waals surface area contributed by atoms with Gasteiger partial charge in [0.1, 0.15) is 5.75 Å². The minimum Gasteiger partial charge on any atom is -0.484 e. The summed E-state index contributed by atoms with van der Waals surface area (Å²) in [5.74, 6) is 0.145. The molecule has 0 aromatic heterocycles. The van der Waals surface area contributed by atoms with Crippen LogP contribution < -0.4 is 10.5 Å². The zero-order valence-corrected chi connectivity index (χ0v) is 13.5. The normalized spacial score (nSPS) is 18.1. The highest BCUT2D eigenvalue weighted by Crippen LogP contribution is 2.20. The van der Waals surface area contributed by atoms with Crippen molar-refractivity contribution in [1.29, 1.82) is 0 Å². The summed E-state index contributed by atoms with van der Waals surface area (Å²) < 4.78 is 5.20. The number of benzene rings is 1. The van der Waals surface area contributed by atoms with Gasteiger partial charge in [-0.2, -0.15) is 0 Å². The molecule has 0 radical (unpaired) electrons. The maximum absolute atomic E-state index is 12.3. The predicted octanol–water partition coefficient (Wildman–Crippen LogP) is 2.36. The molecule has 1 saturated heterocycles. The van der Waals surface area contributed by atoms with Crippen molar-refractivity contribution in [2.45, 2.75) is 38.6 Å². The molecule has 2 rings (SSSR count). The summed E-state index contributed by atoms with van der Waals surface area (Å²) in [6.45, 7) is 2.84. The Kier molecular flexibility index (Phi) is 6.20. The lowest BCUT2D eigenvalue weighted by molar-refractivity contribution is -0.129. The van der Waals surface area contributed by atoms with Gasteiger partial charge in [0.15, 0.2) is 6.61 Å². The monoisotopic (exact) mass is 316 g/mol. The lowest BCUT2D eigenvalue weighted by atomic mass is 10.00. The van der Waals surface area contributed by atoms with E-state index < -0.39 is 5.91 Å². The van der Waals surface area contributed by atoms with Crippen molar-refractivity contribution in [2.75, 3.05) is 13.2 Å². The lowest BCUT2D eigenvalue weighted by Crippen LogP contribution is -2.42. The van der Waals surface area contributed by atoms with Crippen molar-refractivity contribution in [3.63, 3.8) is 0 Å². The summed E-state index contributed by atoms with van der Waals surface area (Å²) in [4.78, 5) is 25.0. The standard InChI is InChI=1S/C18H24N2O3/c1-2-15-5-3-4-12-20(15)18(22)11-8-14-6-9-16(10-7-14)23-13-17(19)21/h6-11,15H,2-5,12-13H2,1H3,(H2,19,21)/b11-8+/t15-/m0/s1. The molecule has 2 N–H and O–H groups in total. The second-order valence-electron chi connectivity index (χ2n) is 5.75. The van der Waals surface area contributed by atoms with E-state index in [1.54, 1.807) is 18.2 Å². The van der Waals surface area contributed by atoms with E-state index in [4.69, 9.17) is 10.5 Å². The molecule has 1 fully saturated rings. The van der Waals surface area contributed by atoms with Gasteiger partial charge < -0.3 is 15.4 Å². The SMILES string of the molecule is CC[C@H]1CCCCN1C(=O)/C=C/c1ccc(OCC(N)=O)cc1. The van der Waals surface area contributed by atoms with Gasteiger partial charge in [-0.1, -0.05) is 19.1 Å². The van der Waals surface area contributed by atoms with E-state index in [1.807, 2.05) is 23.1 Å². The molecule has 2 amide bonds. The van der Waals surface area contributed by atoms with Gasteiger partial charge >= 0.3 is 0 Å². The number of primary amides is 1. The van der Waals surface area contributed by atoms with Crippen molar-refractivity contribution in [3.05, 3.63) is 35.9 Å². The molecule has 5 heteroatoms. The van der Waals surface area contributed by atoms with E-state index in [2.05, 4.69) is 6.92 Å². The highest BCUT2D eigenvalue weighted by Gasteiger charge is 2.23. The number of carbonyl (C=O) groups excluding carboxylic acids is 2. The number of likely N-dealkylation sites (tertiary alicyclic amines) is 1. The molecule has 23 heavy (non-hydrogen) atoms. The first kappa shape index (κ1) is 17.1. The summed E-state index contributed by atoms with van der Waals surface area (Å²) >= 11 is 0. The molecule has 0 bridgehead atoms. The third-order valence-corrected chi connectivity index (χ3v) is 4.06. The Morgan fingerprint density at radius 2 is 2.04 bits per heavy atom. The van der Waals surface area contributed by atoms with E-state index in [1.165, 1.54) is 6.42 Å². The molecule has 0 unspecified atom stereocenters. The molecule has 1 aliphatic rings. The van der Waals surface area contributed by atoms with Crippen LogP contribution in [-0.4, -0.2) is 35.9 Å². The minimum atomic E-state index is -0.508. The third kappa shape index (κ3) is 5.13. The number of piperidine rings is 1. The molecule has 1 aliphatic heterocycles. The van der Waals surface area contributed by atoms with E-state index >= 15 is 0 Å². The molecule has 1 aromatic rings. The Morgan fingerprint density at radius 1 is 1.30 bits per heavy atom. The van der Waals surface area contributed by atoms with Crippen molar-refractivity contribution in [2.24, 2.45) is 5.73 Å². The van der Waals surface area contributed by atoms with Gasteiger partial charge in [0.2, 0.25) is 5.91 Å². The molecular formula is C18H24N2O3. The minimum absolute atomic E-state index is 0.0746. The zero-order chi connectivity index (χ0) is 16.7. The molecule has 0 saturated carbocycles. The van der Waals surface area contributed by atoms with Crippen molar-refractivity contribution < 1.29 is 14.3 Å². The number of hydrogen-bond donors (Lipinski definition) is 1. The van der Waals surface area contributed by atoms with Crippen LogP contribution in [0.3, 0.4) is 0 Å². The topological polar surface area (TPSA) is 72.6 Å². The van der Waals surface area contributed by atoms with Crippen LogP contribution in [0.4, 0.5) is 0 Å². The van der Waals surface area contributed by atoms with Crippen molar-refractivity contribution in [1.82, 2.24) is 4.90 Å². The highest BCUT2D eigenvalue weighted by molar-refractivity contribution is 5.92. The second-order valence-corrected chi connectivity index (χ2v) is 5.75. The Hall–Kier alpha value is -2.30. The first-order chi connectivity index (χ1) is 11.1. The summed E-state index contributed by atoms with van der Waals surface area (Å²) in [5, 5.41) is 0. The maximum atomic E-state index is 12.3. The third-order valence-electron chi connectivity index (χ3n) is 4.06. The first-order valence-electron chi connectivity index (χ1n) is 8.10. The van der Waals surface area contributed by atoms with E-state index in [-0.39, 0.29) is 12.5 Å². The Morgan fingerprint density at radius 3 is 2.70 bits per heavy atom. The molecule has 1 atom stereocenters. The van der Waals surface area contributed by atoms with Gasteiger partial charge in [-0.05, 0) is 49.5 Å². The second kappa shape index (κ2) is 8.36. The molecule has 1 aromatic carbocycles. The predicted molar refractivity (Wildman–Crippen MR) is 89.8 cm³/mol. The van der Waals surface area contributed by atoms with E-state index in [9.17, 15) is 9.59 Å². The number of nitrogens with zero attached hydrogens (tertiary/aromatic N) is 1. The van der Waals surface area contributed by atoms with Crippen LogP contribution in [0.25, 0.3) is 6.08 Å².